The lowest BCUT2D eigenvalue weighted by molar-refractivity contribution is -0.117. The number of carbonyl (C=O) groups is 1. The zero-order chi connectivity index (χ0) is 15.9. The molecule has 21 heavy (non-hydrogen) atoms. The molecule has 1 aromatic carbocycles. The number of hydrogen-bond donors (Lipinski definition) is 0. The summed E-state index contributed by atoms with van der Waals surface area (Å²) in [5.74, 6) is -3.76. The quantitative estimate of drug-likeness (QED) is 0.461. The summed E-state index contributed by atoms with van der Waals surface area (Å²) in [6, 6.07) is 0.938. The highest BCUT2D eigenvalue weighted by molar-refractivity contribution is 8.13. The molecule has 0 spiro atoms. The fraction of sp³-hybridized carbons (Fsp3) is 0.364. The lowest BCUT2D eigenvalue weighted by Gasteiger charge is -2.18. The van der Waals surface area contributed by atoms with E-state index in [1.54, 1.807) is 0 Å². The van der Waals surface area contributed by atoms with Crippen molar-refractivity contribution in [2.45, 2.75) is 6.42 Å². The van der Waals surface area contributed by atoms with Crippen LogP contribution in [0.2, 0.25) is 10.0 Å². The van der Waals surface area contributed by atoms with E-state index in [1.165, 1.54) is 0 Å². The second-order valence-corrected chi connectivity index (χ2v) is 8.21. The van der Waals surface area contributed by atoms with E-state index >= 15 is 0 Å². The van der Waals surface area contributed by atoms with E-state index in [9.17, 15) is 22.0 Å². The Balaban J connectivity index is 2.34. The highest BCUT2D eigenvalue weighted by Gasteiger charge is 2.35. The van der Waals surface area contributed by atoms with Crippen molar-refractivity contribution in [2.75, 3.05) is 17.2 Å². The van der Waals surface area contributed by atoms with Crippen molar-refractivity contribution in [1.29, 1.82) is 0 Å². The minimum Gasteiger partial charge on any atom is -0.309 e. The summed E-state index contributed by atoms with van der Waals surface area (Å²) in [6.07, 6.45) is -0.113. The van der Waals surface area contributed by atoms with Crippen LogP contribution in [-0.2, 0) is 13.8 Å². The molecule has 1 aliphatic rings. The third-order valence-electron chi connectivity index (χ3n) is 3.01. The lowest BCUT2D eigenvalue weighted by Crippen LogP contribution is -2.26. The van der Waals surface area contributed by atoms with E-state index in [2.05, 4.69) is 0 Å². The molecular weight excluding hydrogens is 371 g/mol. The van der Waals surface area contributed by atoms with Crippen LogP contribution >= 0.6 is 33.9 Å². The smallest absolute Gasteiger partial charge is 0.232 e. The van der Waals surface area contributed by atoms with Gasteiger partial charge in [-0.2, -0.15) is 0 Å². The number of rotatable bonds is 3. The minimum absolute atomic E-state index is 0.0695. The van der Waals surface area contributed by atoms with Gasteiger partial charge in [0, 0.05) is 29.6 Å². The first-order valence-electron chi connectivity index (χ1n) is 5.66. The number of carbonyl (C=O) groups excluding carboxylic acids is 1. The molecule has 116 valence electrons. The van der Waals surface area contributed by atoms with Crippen LogP contribution in [0.1, 0.15) is 6.42 Å². The molecule has 1 heterocycles. The Hall–Kier alpha value is -0.630. The molecule has 1 aromatic rings. The van der Waals surface area contributed by atoms with Gasteiger partial charge in [-0.05, 0) is 6.07 Å². The molecule has 1 unspecified atom stereocenters. The van der Waals surface area contributed by atoms with Crippen molar-refractivity contribution in [2.24, 2.45) is 5.92 Å². The van der Waals surface area contributed by atoms with Gasteiger partial charge in [-0.1, -0.05) is 23.2 Å². The van der Waals surface area contributed by atoms with Crippen LogP contribution in [0.4, 0.5) is 14.5 Å². The van der Waals surface area contributed by atoms with Gasteiger partial charge in [-0.3, -0.25) is 4.79 Å². The lowest BCUT2D eigenvalue weighted by atomic mass is 10.1. The first kappa shape index (κ1) is 16.7. The van der Waals surface area contributed by atoms with E-state index in [4.69, 9.17) is 33.9 Å². The van der Waals surface area contributed by atoms with Gasteiger partial charge in [0.2, 0.25) is 15.0 Å². The molecule has 1 fully saturated rings. The fourth-order valence-corrected chi connectivity index (χ4v) is 3.93. The predicted molar refractivity (Wildman–Crippen MR) is 76.5 cm³/mol. The molecule has 0 aliphatic carbocycles. The van der Waals surface area contributed by atoms with Gasteiger partial charge in [-0.15, -0.1) is 0 Å². The third kappa shape index (κ3) is 3.59. The van der Waals surface area contributed by atoms with Crippen LogP contribution < -0.4 is 4.90 Å². The second-order valence-electron chi connectivity index (χ2n) is 4.60. The number of amides is 1. The standard InChI is InChI=1S/C11H8Cl3F2NO3S/c12-6-2-7(11(16)9(13)10(6)15)17-3-5(1-8(17)18)4-21(14,19)20/h2,5H,1,3-4H2. The minimum atomic E-state index is -3.78. The average molecular weight is 379 g/mol. The van der Waals surface area contributed by atoms with Gasteiger partial charge in [0.25, 0.3) is 0 Å². The van der Waals surface area contributed by atoms with Crippen LogP contribution in [0.15, 0.2) is 6.07 Å². The summed E-state index contributed by atoms with van der Waals surface area (Å²) < 4.78 is 49.4. The molecule has 0 saturated carbocycles. The molecule has 10 heteroatoms. The Morgan fingerprint density at radius 3 is 2.48 bits per heavy atom. The van der Waals surface area contributed by atoms with Gasteiger partial charge in [0.15, 0.2) is 11.6 Å². The van der Waals surface area contributed by atoms with Gasteiger partial charge < -0.3 is 4.90 Å². The van der Waals surface area contributed by atoms with Crippen LogP contribution in [0.3, 0.4) is 0 Å². The molecule has 1 aliphatic heterocycles. The maximum Gasteiger partial charge on any atom is 0.232 e. The van der Waals surface area contributed by atoms with Crippen molar-refractivity contribution in [3.63, 3.8) is 0 Å². The Bertz CT molecular complexity index is 711. The van der Waals surface area contributed by atoms with Crippen molar-refractivity contribution < 1.29 is 22.0 Å². The second kappa shape index (κ2) is 5.87. The SMILES string of the molecule is O=C1CC(CS(=O)(=O)Cl)CN1c1cc(Cl)c(F)c(Cl)c1F. The molecule has 1 atom stereocenters. The molecule has 0 bridgehead atoms. The van der Waals surface area contributed by atoms with Crippen LogP contribution in [0.25, 0.3) is 0 Å². The van der Waals surface area contributed by atoms with Crippen molar-refractivity contribution in [3.05, 3.63) is 27.7 Å². The van der Waals surface area contributed by atoms with E-state index in [1.807, 2.05) is 0 Å². The van der Waals surface area contributed by atoms with Crippen molar-refractivity contribution in [1.82, 2.24) is 0 Å². The van der Waals surface area contributed by atoms with Crippen molar-refractivity contribution in [3.8, 4) is 0 Å². The van der Waals surface area contributed by atoms with Crippen LogP contribution in [0.5, 0.6) is 0 Å². The summed E-state index contributed by atoms with van der Waals surface area (Å²) in [6.45, 7) is -0.0695. The molecule has 0 N–H and O–H groups in total. The first-order valence-corrected chi connectivity index (χ1v) is 8.89. The summed E-state index contributed by atoms with van der Waals surface area (Å²) >= 11 is 11.0. The van der Waals surface area contributed by atoms with E-state index in [0.717, 1.165) is 11.0 Å². The van der Waals surface area contributed by atoms with E-state index in [-0.39, 0.29) is 18.7 Å². The summed E-state index contributed by atoms with van der Waals surface area (Å²) in [5.41, 5.74) is -0.286. The van der Waals surface area contributed by atoms with Gasteiger partial charge in [-0.25, -0.2) is 17.2 Å². The Labute approximate surface area is 134 Å². The third-order valence-corrected chi connectivity index (χ3v) is 4.87. The van der Waals surface area contributed by atoms with Gasteiger partial charge in [0.05, 0.1) is 16.5 Å². The molecule has 1 saturated heterocycles. The summed E-state index contributed by atoms with van der Waals surface area (Å²) in [4.78, 5) is 12.9. The maximum atomic E-state index is 14.0. The molecule has 2 rings (SSSR count). The first-order chi connectivity index (χ1) is 9.60. The largest absolute Gasteiger partial charge is 0.309 e. The number of benzene rings is 1. The normalized spacial score (nSPS) is 19.4. The number of nitrogens with zero attached hydrogens (tertiary/aromatic N) is 1. The molecule has 1 amide bonds. The maximum absolute atomic E-state index is 14.0. The average Bonchev–Trinajstić information content (AvgIpc) is 2.69. The molecular formula is C11H8Cl3F2NO3S. The highest BCUT2D eigenvalue weighted by Crippen LogP contribution is 2.36. The summed E-state index contributed by atoms with van der Waals surface area (Å²) in [7, 11) is 1.35. The summed E-state index contributed by atoms with van der Waals surface area (Å²) in [5, 5.41) is -1.25. The van der Waals surface area contributed by atoms with Crippen LogP contribution in [-0.4, -0.2) is 26.6 Å². The zero-order valence-electron chi connectivity index (χ0n) is 10.2. The monoisotopic (exact) mass is 377 g/mol. The van der Waals surface area contributed by atoms with Crippen LogP contribution in [0, 0.1) is 17.6 Å². The molecule has 0 aromatic heterocycles. The fourth-order valence-electron chi connectivity index (χ4n) is 2.16. The Morgan fingerprint density at radius 2 is 1.90 bits per heavy atom. The Morgan fingerprint density at radius 1 is 1.29 bits per heavy atom. The topological polar surface area (TPSA) is 54.5 Å². The van der Waals surface area contributed by atoms with Crippen molar-refractivity contribution >= 4 is 54.5 Å². The molecule has 0 radical (unpaired) electrons. The van der Waals surface area contributed by atoms with Gasteiger partial charge >= 0.3 is 0 Å². The number of halogens is 5. The van der Waals surface area contributed by atoms with E-state index in [0.29, 0.717) is 0 Å². The highest BCUT2D eigenvalue weighted by atomic mass is 35.7. The number of hydrogen-bond acceptors (Lipinski definition) is 3. The van der Waals surface area contributed by atoms with E-state index < -0.39 is 48.3 Å². The Kier molecular flexibility index (Phi) is 4.68. The number of anilines is 1. The zero-order valence-corrected chi connectivity index (χ0v) is 13.3. The predicted octanol–water partition coefficient (Wildman–Crippen LogP) is 3.19. The molecule has 4 nitrogen and oxygen atoms in total. The van der Waals surface area contributed by atoms with Gasteiger partial charge in [0.1, 0.15) is 5.02 Å².